The minimum absolute atomic E-state index is 0.0811. The molecule has 60 valence electrons. The van der Waals surface area contributed by atoms with Crippen LogP contribution in [0.5, 0.6) is 0 Å². The first kappa shape index (κ1) is 9.43. The van der Waals surface area contributed by atoms with Gasteiger partial charge in [0.2, 0.25) is 0 Å². The first-order valence-corrected chi connectivity index (χ1v) is 3.54. The van der Waals surface area contributed by atoms with Gasteiger partial charge in [-0.05, 0) is 6.42 Å². The molecule has 0 saturated carbocycles. The summed E-state index contributed by atoms with van der Waals surface area (Å²) in [5, 5.41) is 8.59. The third-order valence-electron chi connectivity index (χ3n) is 1.25. The van der Waals surface area contributed by atoms with E-state index in [1.807, 2.05) is 6.92 Å². The van der Waals surface area contributed by atoms with E-state index in [4.69, 9.17) is 9.84 Å². The summed E-state index contributed by atoms with van der Waals surface area (Å²) in [6.45, 7) is 3.51. The van der Waals surface area contributed by atoms with E-state index in [1.165, 1.54) is 0 Å². The third-order valence-corrected chi connectivity index (χ3v) is 1.25. The van der Waals surface area contributed by atoms with Crippen molar-refractivity contribution in [2.24, 2.45) is 0 Å². The van der Waals surface area contributed by atoms with Crippen molar-refractivity contribution in [1.29, 1.82) is 0 Å². The van der Waals surface area contributed by atoms with Crippen LogP contribution in [0, 0.1) is 0 Å². The molecule has 3 nitrogen and oxygen atoms in total. The number of hydrogen-bond donors (Lipinski definition) is 1. The van der Waals surface area contributed by atoms with Crippen LogP contribution in [0.2, 0.25) is 0 Å². The maximum atomic E-state index is 10.6. The van der Waals surface area contributed by atoms with Gasteiger partial charge >= 0.3 is 5.97 Å². The van der Waals surface area contributed by atoms with Crippen molar-refractivity contribution in [3.05, 3.63) is 0 Å². The monoisotopic (exact) mass is 146 g/mol. The number of aliphatic hydroxyl groups is 1. The Morgan fingerprint density at radius 3 is 2.50 bits per heavy atom. The molecule has 0 fully saturated rings. The van der Waals surface area contributed by atoms with E-state index in [0.717, 1.165) is 0 Å². The lowest BCUT2D eigenvalue weighted by Gasteiger charge is -2.11. The Morgan fingerprint density at radius 1 is 1.60 bits per heavy atom. The normalized spacial score (nSPS) is 12.7. The molecule has 0 aromatic rings. The quantitative estimate of drug-likeness (QED) is 0.594. The second kappa shape index (κ2) is 5.23. The van der Waals surface area contributed by atoms with Gasteiger partial charge in [-0.15, -0.1) is 0 Å². The Morgan fingerprint density at radius 2 is 2.20 bits per heavy atom. The average molecular weight is 146 g/mol. The van der Waals surface area contributed by atoms with Crippen LogP contribution in [-0.2, 0) is 9.53 Å². The van der Waals surface area contributed by atoms with Crippen LogP contribution in [0.25, 0.3) is 0 Å². The summed E-state index contributed by atoms with van der Waals surface area (Å²) in [6, 6.07) is 0. The highest BCUT2D eigenvalue weighted by molar-refractivity contribution is 5.69. The van der Waals surface area contributed by atoms with Crippen LogP contribution in [0.1, 0.15) is 26.7 Å². The SMILES string of the molecule is CCC(=O)OC(CC)CO. The zero-order valence-corrected chi connectivity index (χ0v) is 6.46. The zero-order valence-electron chi connectivity index (χ0n) is 6.46. The fraction of sp³-hybridized carbons (Fsp3) is 0.857. The van der Waals surface area contributed by atoms with Crippen molar-refractivity contribution in [1.82, 2.24) is 0 Å². The molecule has 1 unspecified atom stereocenters. The molecule has 0 radical (unpaired) electrons. The molecule has 1 atom stereocenters. The molecule has 0 rings (SSSR count). The minimum atomic E-state index is -0.313. The Kier molecular flexibility index (Phi) is 4.94. The summed E-state index contributed by atoms with van der Waals surface area (Å²) in [5.74, 6) is -0.249. The summed E-state index contributed by atoms with van der Waals surface area (Å²) in [6.07, 6.45) is 0.728. The highest BCUT2D eigenvalue weighted by Gasteiger charge is 2.08. The van der Waals surface area contributed by atoms with Gasteiger partial charge < -0.3 is 9.84 Å². The molecule has 10 heavy (non-hydrogen) atoms. The second-order valence-corrected chi connectivity index (χ2v) is 2.06. The minimum Gasteiger partial charge on any atom is -0.460 e. The van der Waals surface area contributed by atoms with Gasteiger partial charge in [0, 0.05) is 6.42 Å². The van der Waals surface area contributed by atoms with Gasteiger partial charge in [-0.1, -0.05) is 13.8 Å². The molecular formula is C7H14O3. The topological polar surface area (TPSA) is 46.5 Å². The molecule has 0 spiro atoms. The van der Waals surface area contributed by atoms with Gasteiger partial charge in [0.25, 0.3) is 0 Å². The van der Waals surface area contributed by atoms with Crippen LogP contribution < -0.4 is 0 Å². The molecule has 0 aliphatic heterocycles. The van der Waals surface area contributed by atoms with Crippen molar-refractivity contribution in [2.45, 2.75) is 32.8 Å². The molecule has 0 aromatic heterocycles. The zero-order chi connectivity index (χ0) is 7.98. The Balaban J connectivity index is 3.52. The Labute approximate surface area is 61.0 Å². The van der Waals surface area contributed by atoms with Crippen LogP contribution in [0.3, 0.4) is 0 Å². The summed E-state index contributed by atoms with van der Waals surface area (Å²) < 4.78 is 4.81. The molecule has 0 aromatic carbocycles. The van der Waals surface area contributed by atoms with E-state index in [1.54, 1.807) is 6.92 Å². The maximum Gasteiger partial charge on any atom is 0.305 e. The summed E-state index contributed by atoms with van der Waals surface area (Å²) in [4.78, 5) is 10.6. The lowest BCUT2D eigenvalue weighted by molar-refractivity contribution is -0.150. The second-order valence-electron chi connectivity index (χ2n) is 2.06. The van der Waals surface area contributed by atoms with Gasteiger partial charge in [0.1, 0.15) is 6.10 Å². The van der Waals surface area contributed by atoms with E-state index >= 15 is 0 Å². The van der Waals surface area contributed by atoms with Crippen molar-refractivity contribution in [3.63, 3.8) is 0 Å². The largest absolute Gasteiger partial charge is 0.460 e. The first-order chi connectivity index (χ1) is 4.74. The van der Waals surface area contributed by atoms with Crippen LogP contribution in [0.4, 0.5) is 0 Å². The lowest BCUT2D eigenvalue weighted by atomic mass is 10.3. The highest BCUT2D eigenvalue weighted by Crippen LogP contribution is 1.98. The summed E-state index contributed by atoms with van der Waals surface area (Å²) >= 11 is 0. The smallest absolute Gasteiger partial charge is 0.305 e. The Bertz CT molecular complexity index is 97.0. The molecule has 0 heterocycles. The highest BCUT2D eigenvalue weighted by atomic mass is 16.5. The van der Waals surface area contributed by atoms with E-state index in [2.05, 4.69) is 0 Å². The van der Waals surface area contributed by atoms with Crippen molar-refractivity contribution in [3.8, 4) is 0 Å². The van der Waals surface area contributed by atoms with Crippen LogP contribution in [0.15, 0.2) is 0 Å². The molecule has 0 aliphatic rings. The van der Waals surface area contributed by atoms with Crippen molar-refractivity contribution >= 4 is 5.97 Å². The number of ether oxygens (including phenoxy) is 1. The fourth-order valence-electron chi connectivity index (χ4n) is 0.519. The fourth-order valence-corrected chi connectivity index (χ4v) is 0.519. The molecule has 0 amide bonds. The molecule has 0 aliphatic carbocycles. The van der Waals surface area contributed by atoms with Gasteiger partial charge in [0.05, 0.1) is 6.61 Å². The first-order valence-electron chi connectivity index (χ1n) is 3.54. The van der Waals surface area contributed by atoms with E-state index < -0.39 is 0 Å². The van der Waals surface area contributed by atoms with Gasteiger partial charge in [-0.25, -0.2) is 0 Å². The predicted molar refractivity (Wildman–Crippen MR) is 37.5 cm³/mol. The standard InChI is InChI=1S/C7H14O3/c1-3-6(5-8)10-7(9)4-2/h6,8H,3-5H2,1-2H3. The van der Waals surface area contributed by atoms with Crippen molar-refractivity contribution in [2.75, 3.05) is 6.61 Å². The van der Waals surface area contributed by atoms with E-state index in [-0.39, 0.29) is 18.7 Å². The molecular weight excluding hydrogens is 132 g/mol. The predicted octanol–water partition coefficient (Wildman–Crippen LogP) is 0.710. The van der Waals surface area contributed by atoms with E-state index in [0.29, 0.717) is 12.8 Å². The number of hydrogen-bond acceptors (Lipinski definition) is 3. The third kappa shape index (κ3) is 3.45. The summed E-state index contributed by atoms with van der Waals surface area (Å²) in [5.41, 5.74) is 0. The molecule has 1 N–H and O–H groups in total. The van der Waals surface area contributed by atoms with E-state index in [9.17, 15) is 4.79 Å². The maximum absolute atomic E-state index is 10.6. The number of esters is 1. The summed E-state index contributed by atoms with van der Waals surface area (Å²) in [7, 11) is 0. The molecule has 0 saturated heterocycles. The lowest BCUT2D eigenvalue weighted by Crippen LogP contribution is -2.20. The van der Waals surface area contributed by atoms with Gasteiger partial charge in [-0.2, -0.15) is 0 Å². The molecule has 0 bridgehead atoms. The number of aliphatic hydroxyl groups excluding tert-OH is 1. The number of rotatable bonds is 4. The van der Waals surface area contributed by atoms with Crippen LogP contribution in [-0.4, -0.2) is 23.8 Å². The average Bonchev–Trinajstić information content (AvgIpc) is 1.99. The van der Waals surface area contributed by atoms with Gasteiger partial charge in [-0.3, -0.25) is 4.79 Å². The molecule has 3 heteroatoms. The van der Waals surface area contributed by atoms with Crippen LogP contribution >= 0.6 is 0 Å². The van der Waals surface area contributed by atoms with Crippen molar-refractivity contribution < 1.29 is 14.6 Å². The number of carbonyl (C=O) groups is 1. The Hall–Kier alpha value is -0.570. The van der Waals surface area contributed by atoms with Gasteiger partial charge in [0.15, 0.2) is 0 Å². The number of carbonyl (C=O) groups excluding carboxylic acids is 1.